The van der Waals surface area contributed by atoms with E-state index in [2.05, 4.69) is 4.98 Å². The fourth-order valence-electron chi connectivity index (χ4n) is 0.738. The summed E-state index contributed by atoms with van der Waals surface area (Å²) in [6.07, 6.45) is -4.43. The van der Waals surface area contributed by atoms with E-state index in [-0.39, 0.29) is 11.6 Å². The van der Waals surface area contributed by atoms with Gasteiger partial charge in [-0.3, -0.25) is 0 Å². The van der Waals surface area contributed by atoms with Crippen molar-refractivity contribution < 1.29 is 13.2 Å². The second kappa shape index (κ2) is 2.54. The molecule has 1 heterocycles. The van der Waals surface area contributed by atoms with Crippen molar-refractivity contribution in [1.82, 2.24) is 4.98 Å². The number of halogens is 3. The molecule has 0 atom stereocenters. The number of alkyl halides is 3. The third-order valence-corrected chi connectivity index (χ3v) is 1.19. The van der Waals surface area contributed by atoms with Crippen molar-refractivity contribution in [3.05, 3.63) is 17.7 Å². The summed E-state index contributed by atoms with van der Waals surface area (Å²) in [6.45, 7) is 0. The van der Waals surface area contributed by atoms with Crippen molar-refractivity contribution >= 4 is 11.6 Å². The monoisotopic (exact) mass is 177 g/mol. The van der Waals surface area contributed by atoms with Gasteiger partial charge < -0.3 is 11.5 Å². The highest BCUT2D eigenvalue weighted by molar-refractivity contribution is 5.44. The van der Waals surface area contributed by atoms with Gasteiger partial charge in [-0.25, -0.2) is 4.98 Å². The lowest BCUT2D eigenvalue weighted by Crippen LogP contribution is -2.08. The normalized spacial score (nSPS) is 11.6. The topological polar surface area (TPSA) is 64.9 Å². The molecular weight excluding hydrogens is 171 g/mol. The van der Waals surface area contributed by atoms with Crippen molar-refractivity contribution in [2.24, 2.45) is 0 Å². The average Bonchev–Trinajstić information content (AvgIpc) is 1.82. The Morgan fingerprint density at radius 3 is 1.83 bits per heavy atom. The van der Waals surface area contributed by atoms with E-state index >= 15 is 0 Å². The lowest BCUT2D eigenvalue weighted by atomic mass is 10.2. The van der Waals surface area contributed by atoms with Crippen molar-refractivity contribution in [1.29, 1.82) is 0 Å². The van der Waals surface area contributed by atoms with Gasteiger partial charge >= 0.3 is 6.18 Å². The van der Waals surface area contributed by atoms with Crippen molar-refractivity contribution in [3.63, 3.8) is 0 Å². The smallest absolute Gasteiger partial charge is 0.384 e. The van der Waals surface area contributed by atoms with Crippen molar-refractivity contribution in [3.8, 4) is 0 Å². The Morgan fingerprint density at radius 2 is 1.50 bits per heavy atom. The largest absolute Gasteiger partial charge is 0.416 e. The van der Waals surface area contributed by atoms with Gasteiger partial charge in [0.1, 0.15) is 11.6 Å². The van der Waals surface area contributed by atoms with Crippen LogP contribution in [0.15, 0.2) is 12.1 Å². The van der Waals surface area contributed by atoms with Crippen molar-refractivity contribution in [2.75, 3.05) is 11.5 Å². The van der Waals surface area contributed by atoms with E-state index < -0.39 is 11.7 Å². The number of hydrogen-bond donors (Lipinski definition) is 2. The number of nitrogen functional groups attached to an aromatic ring is 2. The fourth-order valence-corrected chi connectivity index (χ4v) is 0.738. The Balaban J connectivity index is 3.18. The molecule has 4 N–H and O–H groups in total. The summed E-state index contributed by atoms with van der Waals surface area (Å²) < 4.78 is 36.0. The van der Waals surface area contributed by atoms with E-state index in [9.17, 15) is 13.2 Å². The molecule has 0 aliphatic rings. The molecule has 0 aliphatic carbocycles. The molecule has 0 saturated carbocycles. The summed E-state index contributed by atoms with van der Waals surface area (Å²) in [7, 11) is 0. The number of hydrogen-bond acceptors (Lipinski definition) is 3. The van der Waals surface area contributed by atoms with Crippen molar-refractivity contribution in [2.45, 2.75) is 6.18 Å². The molecule has 0 fully saturated rings. The molecule has 3 nitrogen and oxygen atoms in total. The van der Waals surface area contributed by atoms with E-state index in [1.165, 1.54) is 0 Å². The van der Waals surface area contributed by atoms with Crippen LogP contribution in [0.1, 0.15) is 5.56 Å². The Kier molecular flexibility index (Phi) is 1.83. The molecule has 0 radical (unpaired) electrons. The molecule has 0 aromatic carbocycles. The number of aromatic nitrogens is 1. The van der Waals surface area contributed by atoms with Crippen LogP contribution in [0.5, 0.6) is 0 Å². The van der Waals surface area contributed by atoms with Crippen LogP contribution in [0, 0.1) is 0 Å². The quantitative estimate of drug-likeness (QED) is 0.627. The Labute approximate surface area is 66.2 Å². The Hall–Kier alpha value is -1.46. The fraction of sp³-hybridized carbons (Fsp3) is 0.167. The van der Waals surface area contributed by atoms with Gasteiger partial charge in [0.2, 0.25) is 0 Å². The molecule has 1 aromatic rings. The minimum absolute atomic E-state index is 0.234. The van der Waals surface area contributed by atoms with E-state index in [1.54, 1.807) is 0 Å². The molecule has 0 unspecified atom stereocenters. The second-order valence-electron chi connectivity index (χ2n) is 2.20. The molecule has 6 heteroatoms. The first kappa shape index (κ1) is 8.63. The third-order valence-electron chi connectivity index (χ3n) is 1.19. The summed E-state index contributed by atoms with van der Waals surface area (Å²) in [5.41, 5.74) is 9.25. The van der Waals surface area contributed by atoms with Gasteiger partial charge in [-0.05, 0) is 12.1 Å². The molecule has 12 heavy (non-hydrogen) atoms. The SMILES string of the molecule is Nc1cc(C(F)(F)F)cc(N)n1. The molecule has 0 saturated heterocycles. The average molecular weight is 177 g/mol. The van der Waals surface area contributed by atoms with Gasteiger partial charge in [0.25, 0.3) is 0 Å². The van der Waals surface area contributed by atoms with Crippen LogP contribution >= 0.6 is 0 Å². The van der Waals surface area contributed by atoms with Gasteiger partial charge in [-0.1, -0.05) is 0 Å². The Morgan fingerprint density at radius 1 is 1.08 bits per heavy atom. The minimum Gasteiger partial charge on any atom is -0.384 e. The maximum Gasteiger partial charge on any atom is 0.416 e. The lowest BCUT2D eigenvalue weighted by molar-refractivity contribution is -0.137. The molecule has 1 rings (SSSR count). The number of rotatable bonds is 0. The summed E-state index contributed by atoms with van der Waals surface area (Å²) in [5, 5.41) is 0. The lowest BCUT2D eigenvalue weighted by Gasteiger charge is -2.07. The maximum absolute atomic E-state index is 12.0. The summed E-state index contributed by atoms with van der Waals surface area (Å²) in [6, 6.07) is 1.46. The van der Waals surface area contributed by atoms with Gasteiger partial charge in [-0.15, -0.1) is 0 Å². The highest BCUT2D eigenvalue weighted by Crippen LogP contribution is 2.30. The van der Waals surface area contributed by atoms with E-state index in [0.717, 1.165) is 12.1 Å². The van der Waals surface area contributed by atoms with Crippen LogP contribution in [-0.2, 0) is 6.18 Å². The zero-order chi connectivity index (χ0) is 9.35. The summed E-state index contributed by atoms with van der Waals surface area (Å²) in [4.78, 5) is 3.40. The number of nitrogens with two attached hydrogens (primary N) is 2. The van der Waals surface area contributed by atoms with Gasteiger partial charge in [-0.2, -0.15) is 13.2 Å². The van der Waals surface area contributed by atoms with Gasteiger partial charge in [0.15, 0.2) is 0 Å². The Bertz CT molecular complexity index is 274. The molecule has 0 spiro atoms. The zero-order valence-electron chi connectivity index (χ0n) is 5.89. The molecule has 0 aliphatic heterocycles. The van der Waals surface area contributed by atoms with Gasteiger partial charge in [0.05, 0.1) is 5.56 Å². The van der Waals surface area contributed by atoms with Crippen LogP contribution in [-0.4, -0.2) is 4.98 Å². The molecule has 66 valence electrons. The van der Waals surface area contributed by atoms with E-state index in [1.807, 2.05) is 0 Å². The molecule has 0 amide bonds. The maximum atomic E-state index is 12.0. The van der Waals surface area contributed by atoms with Crippen LogP contribution < -0.4 is 11.5 Å². The number of anilines is 2. The highest BCUT2D eigenvalue weighted by atomic mass is 19.4. The predicted octanol–water partition coefficient (Wildman–Crippen LogP) is 1.26. The third kappa shape index (κ3) is 1.77. The first-order valence-electron chi connectivity index (χ1n) is 3.00. The van der Waals surface area contributed by atoms with Crippen LogP contribution in [0.25, 0.3) is 0 Å². The minimum atomic E-state index is -4.43. The van der Waals surface area contributed by atoms with Gasteiger partial charge in [0, 0.05) is 0 Å². The summed E-state index contributed by atoms with van der Waals surface area (Å²) in [5.74, 6) is -0.468. The first-order valence-corrected chi connectivity index (χ1v) is 3.00. The second-order valence-corrected chi connectivity index (χ2v) is 2.20. The van der Waals surface area contributed by atoms with E-state index in [0.29, 0.717) is 0 Å². The predicted molar refractivity (Wildman–Crippen MR) is 38.1 cm³/mol. The standard InChI is InChI=1S/C6H6F3N3/c7-6(8,9)3-1-4(10)12-5(11)2-3/h1-2H,(H4,10,11,12). The van der Waals surface area contributed by atoms with E-state index in [4.69, 9.17) is 11.5 Å². The molecule has 1 aromatic heterocycles. The van der Waals surface area contributed by atoms with Crippen LogP contribution in [0.2, 0.25) is 0 Å². The highest BCUT2D eigenvalue weighted by Gasteiger charge is 2.31. The molecule has 0 bridgehead atoms. The zero-order valence-corrected chi connectivity index (χ0v) is 5.89. The summed E-state index contributed by atoms with van der Waals surface area (Å²) >= 11 is 0. The van der Waals surface area contributed by atoms with Crippen LogP contribution in [0.3, 0.4) is 0 Å². The number of pyridine rings is 1. The molecular formula is C6H6F3N3. The number of nitrogens with zero attached hydrogens (tertiary/aromatic N) is 1. The first-order chi connectivity index (χ1) is 5.39. The van der Waals surface area contributed by atoms with Crippen LogP contribution in [0.4, 0.5) is 24.8 Å².